The van der Waals surface area contributed by atoms with Crippen LogP contribution in [0.5, 0.6) is 11.8 Å². The van der Waals surface area contributed by atoms with Crippen molar-refractivity contribution >= 4 is 17.0 Å². The number of nitrogens with zero attached hydrogens (tertiary/aromatic N) is 4. The van der Waals surface area contributed by atoms with E-state index in [0.717, 1.165) is 64.6 Å². The van der Waals surface area contributed by atoms with Crippen LogP contribution in [-0.2, 0) is 13.2 Å². The molecular weight excluding hydrogens is 346 g/mol. The van der Waals surface area contributed by atoms with Crippen molar-refractivity contribution in [3.05, 3.63) is 23.0 Å². The van der Waals surface area contributed by atoms with Gasteiger partial charge in [0.15, 0.2) is 5.75 Å². The lowest BCUT2D eigenvalue weighted by molar-refractivity contribution is 0.282. The van der Waals surface area contributed by atoms with Gasteiger partial charge in [-0.05, 0) is 26.3 Å². The molecule has 1 aliphatic heterocycles. The van der Waals surface area contributed by atoms with Crippen molar-refractivity contribution in [1.29, 1.82) is 0 Å². The highest BCUT2D eigenvalue weighted by atomic mass is 16.5. The lowest BCUT2D eigenvalue weighted by Crippen LogP contribution is -2.17. The molecule has 0 atom stereocenters. The van der Waals surface area contributed by atoms with Crippen LogP contribution < -0.4 is 14.8 Å². The zero-order valence-corrected chi connectivity index (χ0v) is 16.0. The number of aromatic nitrogens is 4. The summed E-state index contributed by atoms with van der Waals surface area (Å²) in [6.07, 6.45) is 1.01. The monoisotopic (exact) mass is 369 g/mol. The molecule has 0 bridgehead atoms. The maximum Gasteiger partial charge on any atom is 0.316 e. The van der Waals surface area contributed by atoms with Gasteiger partial charge in [-0.3, -0.25) is 0 Å². The van der Waals surface area contributed by atoms with Gasteiger partial charge in [0.05, 0.1) is 37.7 Å². The van der Waals surface area contributed by atoms with Crippen LogP contribution in [0.2, 0.25) is 0 Å². The maximum atomic E-state index is 10.1. The van der Waals surface area contributed by atoms with E-state index in [1.807, 2.05) is 19.9 Å². The molecule has 3 aromatic rings. The molecule has 0 fully saturated rings. The summed E-state index contributed by atoms with van der Waals surface area (Å²) in [6, 6.07) is 2.29. The molecule has 1 aromatic carbocycles. The molecule has 0 aliphatic carbocycles. The van der Waals surface area contributed by atoms with Gasteiger partial charge >= 0.3 is 6.01 Å². The highest BCUT2D eigenvalue weighted by Gasteiger charge is 2.25. The Morgan fingerprint density at radius 1 is 1.15 bits per heavy atom. The Hall–Kier alpha value is -2.87. The lowest BCUT2D eigenvalue weighted by atomic mass is 9.98. The first-order valence-corrected chi connectivity index (χ1v) is 8.93. The fourth-order valence-electron chi connectivity index (χ4n) is 3.84. The van der Waals surface area contributed by atoms with Crippen molar-refractivity contribution in [3.63, 3.8) is 0 Å². The number of benzene rings is 1. The molecule has 27 heavy (non-hydrogen) atoms. The molecule has 0 spiro atoms. The summed E-state index contributed by atoms with van der Waals surface area (Å²) < 4.78 is 13.1. The molecule has 8 nitrogen and oxygen atoms in total. The highest BCUT2D eigenvalue weighted by molar-refractivity contribution is 5.95. The minimum Gasteiger partial charge on any atom is -0.494 e. The topological polar surface area (TPSA) is 94.3 Å². The second kappa shape index (κ2) is 6.70. The summed E-state index contributed by atoms with van der Waals surface area (Å²) in [4.78, 5) is 13.6. The van der Waals surface area contributed by atoms with Gasteiger partial charge in [-0.1, -0.05) is 0 Å². The Kier molecular flexibility index (Phi) is 4.35. The number of hydrogen-bond acceptors (Lipinski definition) is 7. The van der Waals surface area contributed by atoms with Crippen molar-refractivity contribution in [2.75, 3.05) is 26.1 Å². The zero-order chi connectivity index (χ0) is 19.1. The third-order valence-corrected chi connectivity index (χ3v) is 4.97. The van der Waals surface area contributed by atoms with Crippen molar-refractivity contribution in [3.8, 4) is 22.9 Å². The number of aliphatic hydroxyl groups is 1. The van der Waals surface area contributed by atoms with E-state index < -0.39 is 0 Å². The number of fused-ring (bicyclic) bond motifs is 3. The average Bonchev–Trinajstić information content (AvgIpc) is 3.06. The number of aliphatic hydroxyl groups excluding tert-OH is 1. The van der Waals surface area contributed by atoms with Crippen LogP contribution in [-0.4, -0.2) is 45.4 Å². The summed E-state index contributed by atoms with van der Waals surface area (Å²) >= 11 is 0. The van der Waals surface area contributed by atoms with E-state index in [1.54, 1.807) is 14.2 Å². The lowest BCUT2D eigenvalue weighted by Gasteiger charge is -2.18. The van der Waals surface area contributed by atoms with Gasteiger partial charge in [0.25, 0.3) is 0 Å². The molecule has 2 aromatic heterocycles. The minimum atomic E-state index is -0.0895. The van der Waals surface area contributed by atoms with E-state index in [1.165, 1.54) is 0 Å². The Balaban J connectivity index is 2.05. The number of hydrogen-bond donors (Lipinski definition) is 2. The highest BCUT2D eigenvalue weighted by Crippen LogP contribution is 2.42. The molecule has 0 saturated carbocycles. The molecule has 0 unspecified atom stereocenters. The molecule has 142 valence electrons. The normalized spacial score (nSPS) is 13.4. The van der Waals surface area contributed by atoms with Gasteiger partial charge in [-0.15, -0.1) is 0 Å². The first-order chi connectivity index (χ1) is 13.1. The van der Waals surface area contributed by atoms with Crippen LogP contribution in [0.1, 0.15) is 23.4 Å². The molecule has 8 heteroatoms. The summed E-state index contributed by atoms with van der Waals surface area (Å²) in [5.41, 5.74) is 5.69. The molecule has 0 radical (unpaired) electrons. The molecule has 0 saturated heterocycles. The van der Waals surface area contributed by atoms with E-state index >= 15 is 0 Å². The molecule has 3 heterocycles. The first kappa shape index (κ1) is 17.5. The van der Waals surface area contributed by atoms with Crippen molar-refractivity contribution in [2.24, 2.45) is 0 Å². The van der Waals surface area contributed by atoms with Crippen LogP contribution in [0.25, 0.3) is 22.2 Å². The predicted octanol–water partition coefficient (Wildman–Crippen LogP) is 2.44. The van der Waals surface area contributed by atoms with Crippen molar-refractivity contribution < 1.29 is 14.6 Å². The van der Waals surface area contributed by atoms with Gasteiger partial charge in [0.2, 0.25) is 5.95 Å². The Morgan fingerprint density at radius 2 is 1.89 bits per heavy atom. The second-order valence-corrected chi connectivity index (χ2v) is 6.60. The van der Waals surface area contributed by atoms with Crippen molar-refractivity contribution in [2.45, 2.75) is 33.4 Å². The number of ether oxygens (including phenoxy) is 2. The molecule has 4 rings (SSSR count). The number of imidazole rings is 1. The number of methoxy groups -OCH3 is 2. The smallest absolute Gasteiger partial charge is 0.316 e. The number of aryl methyl sites for hydroxylation is 3. The third kappa shape index (κ3) is 2.68. The standard InChI is InChI=1S/C19H23N5O3/c1-10-14(11(2)22-19(21-10)27-4)13-8-12(9-25)16-15(17(13)26-3)23-18-20-6-5-7-24(16)18/h8,25H,5-7,9H2,1-4H3,(H,20,23). The zero-order valence-electron chi connectivity index (χ0n) is 16.0. The van der Waals surface area contributed by atoms with E-state index in [4.69, 9.17) is 14.5 Å². The summed E-state index contributed by atoms with van der Waals surface area (Å²) in [5, 5.41) is 13.4. The van der Waals surface area contributed by atoms with Gasteiger partial charge < -0.3 is 24.5 Å². The van der Waals surface area contributed by atoms with Gasteiger partial charge in [-0.25, -0.2) is 4.98 Å². The van der Waals surface area contributed by atoms with Gasteiger partial charge in [0.1, 0.15) is 5.52 Å². The summed E-state index contributed by atoms with van der Waals surface area (Å²) in [5.74, 6) is 1.46. The van der Waals surface area contributed by atoms with Crippen LogP contribution in [0.3, 0.4) is 0 Å². The number of nitrogens with one attached hydrogen (secondary N) is 1. The Bertz CT molecular complexity index is 1010. The minimum absolute atomic E-state index is 0.0895. The Labute approximate surface area is 157 Å². The van der Waals surface area contributed by atoms with Crippen LogP contribution >= 0.6 is 0 Å². The summed E-state index contributed by atoms with van der Waals surface area (Å²) in [6.45, 7) is 5.48. The van der Waals surface area contributed by atoms with Crippen LogP contribution in [0, 0.1) is 13.8 Å². The third-order valence-electron chi connectivity index (χ3n) is 4.97. The molecule has 0 amide bonds. The summed E-state index contributed by atoms with van der Waals surface area (Å²) in [7, 11) is 3.19. The van der Waals surface area contributed by atoms with Gasteiger partial charge in [-0.2, -0.15) is 9.97 Å². The predicted molar refractivity (Wildman–Crippen MR) is 102 cm³/mol. The molecule has 1 aliphatic rings. The average molecular weight is 369 g/mol. The second-order valence-electron chi connectivity index (χ2n) is 6.60. The first-order valence-electron chi connectivity index (χ1n) is 8.93. The largest absolute Gasteiger partial charge is 0.494 e. The van der Waals surface area contributed by atoms with Gasteiger partial charge in [0, 0.05) is 29.8 Å². The fraction of sp³-hybridized carbons (Fsp3) is 0.421. The van der Waals surface area contributed by atoms with E-state index in [2.05, 4.69) is 19.9 Å². The number of anilines is 1. The Morgan fingerprint density at radius 3 is 2.52 bits per heavy atom. The van der Waals surface area contributed by atoms with E-state index in [0.29, 0.717) is 11.8 Å². The maximum absolute atomic E-state index is 10.1. The fourth-order valence-corrected chi connectivity index (χ4v) is 3.84. The SMILES string of the molecule is COc1nc(C)c(-c2cc(CO)c3c(nc4n3CCCN4)c2OC)c(C)n1. The quantitative estimate of drug-likeness (QED) is 0.729. The van der Waals surface area contributed by atoms with E-state index in [9.17, 15) is 5.11 Å². The number of rotatable bonds is 4. The van der Waals surface area contributed by atoms with Crippen LogP contribution in [0.15, 0.2) is 6.07 Å². The molecular formula is C19H23N5O3. The van der Waals surface area contributed by atoms with E-state index in [-0.39, 0.29) is 6.61 Å². The van der Waals surface area contributed by atoms with Crippen LogP contribution in [0.4, 0.5) is 5.95 Å². The van der Waals surface area contributed by atoms with Crippen molar-refractivity contribution in [1.82, 2.24) is 19.5 Å². The molecule has 2 N–H and O–H groups in total.